The fraction of sp³-hybridized carbons (Fsp3) is 0.263. The summed E-state index contributed by atoms with van der Waals surface area (Å²) in [5.74, 6) is 0.0950. The highest BCUT2D eigenvalue weighted by atomic mass is 19.3. The van der Waals surface area contributed by atoms with Gasteiger partial charge in [-0.2, -0.15) is 14.0 Å². The predicted molar refractivity (Wildman–Crippen MR) is 89.4 cm³/mol. The summed E-state index contributed by atoms with van der Waals surface area (Å²) in [6.07, 6.45) is 4.79. The number of benzene rings is 1. The van der Waals surface area contributed by atoms with Crippen molar-refractivity contribution in [2.24, 2.45) is 0 Å². The van der Waals surface area contributed by atoms with Gasteiger partial charge in [0.15, 0.2) is 0 Å². The van der Waals surface area contributed by atoms with E-state index in [4.69, 9.17) is 0 Å². The molecule has 2 heterocycles. The molecule has 4 rings (SSSR count). The number of nitriles is 1. The van der Waals surface area contributed by atoms with E-state index in [0.29, 0.717) is 11.3 Å². The molecule has 0 radical (unpaired) electrons. The van der Waals surface area contributed by atoms with Crippen molar-refractivity contribution in [1.29, 1.82) is 5.26 Å². The van der Waals surface area contributed by atoms with Crippen molar-refractivity contribution in [3.8, 4) is 23.2 Å². The Balaban J connectivity index is 2.00. The summed E-state index contributed by atoms with van der Waals surface area (Å²) in [6, 6.07) is 12.8. The number of hydrogen-bond donors (Lipinski definition) is 0. The van der Waals surface area contributed by atoms with Crippen LogP contribution < -0.4 is 4.74 Å². The van der Waals surface area contributed by atoms with Crippen LogP contribution in [0.1, 0.15) is 30.9 Å². The van der Waals surface area contributed by atoms with E-state index in [9.17, 15) is 14.0 Å². The lowest BCUT2D eigenvalue weighted by Gasteiger charge is -2.30. The molecule has 1 aliphatic carbocycles. The fourth-order valence-corrected chi connectivity index (χ4v) is 3.36. The van der Waals surface area contributed by atoms with Gasteiger partial charge in [-0.1, -0.05) is 6.07 Å². The minimum atomic E-state index is -2.88. The Morgan fingerprint density at radius 3 is 2.68 bits per heavy atom. The fourth-order valence-electron chi connectivity index (χ4n) is 3.36. The molecule has 1 aliphatic rings. The van der Waals surface area contributed by atoms with E-state index in [-0.39, 0.29) is 11.8 Å². The van der Waals surface area contributed by atoms with Crippen LogP contribution in [0.15, 0.2) is 42.6 Å². The maximum Gasteiger partial charge on any atom is 0.387 e. The minimum absolute atomic E-state index is 0.0950. The van der Waals surface area contributed by atoms with E-state index in [0.717, 1.165) is 35.9 Å². The summed E-state index contributed by atoms with van der Waals surface area (Å²) in [7, 11) is 0. The van der Waals surface area contributed by atoms with Crippen LogP contribution in [-0.2, 0) is 0 Å². The van der Waals surface area contributed by atoms with Crippen LogP contribution in [-0.4, -0.2) is 16.2 Å². The van der Waals surface area contributed by atoms with Crippen LogP contribution in [0.2, 0.25) is 0 Å². The molecule has 0 bridgehead atoms. The number of pyridine rings is 1. The van der Waals surface area contributed by atoms with Gasteiger partial charge in [0.05, 0.1) is 22.5 Å². The number of aromatic nitrogens is 2. The standard InChI is InChI=1S/C19H15F2N3O/c20-19(21)25-13-7-8-14-15(11-22)18(16-6-1-2-9-23-16)24(17(14)10-13)12-4-3-5-12/h1-2,6-10,12,19H,3-5H2. The quantitative estimate of drug-likeness (QED) is 0.679. The summed E-state index contributed by atoms with van der Waals surface area (Å²) in [6.45, 7) is -2.88. The third-order valence-electron chi connectivity index (χ3n) is 4.66. The Morgan fingerprint density at radius 1 is 1.24 bits per heavy atom. The van der Waals surface area contributed by atoms with Crippen LogP contribution >= 0.6 is 0 Å². The molecule has 1 saturated carbocycles. The summed E-state index contributed by atoms with van der Waals surface area (Å²) in [5, 5.41) is 10.5. The SMILES string of the molecule is N#Cc1c(-c2ccccn2)n(C2CCC2)c2cc(OC(F)F)ccc12. The topological polar surface area (TPSA) is 50.8 Å². The molecule has 0 spiro atoms. The van der Waals surface area contributed by atoms with Crippen LogP contribution in [0.3, 0.4) is 0 Å². The Morgan fingerprint density at radius 2 is 2.08 bits per heavy atom. The van der Waals surface area contributed by atoms with Gasteiger partial charge >= 0.3 is 6.61 Å². The van der Waals surface area contributed by atoms with E-state index in [2.05, 4.69) is 20.4 Å². The van der Waals surface area contributed by atoms with Crippen LogP contribution in [0.5, 0.6) is 5.75 Å². The van der Waals surface area contributed by atoms with E-state index in [1.807, 2.05) is 18.2 Å². The highest BCUT2D eigenvalue weighted by Crippen LogP contribution is 2.42. The van der Waals surface area contributed by atoms with Gasteiger partial charge in [0.25, 0.3) is 0 Å². The average Bonchev–Trinajstić information content (AvgIpc) is 2.87. The van der Waals surface area contributed by atoms with Crippen LogP contribution in [0.25, 0.3) is 22.3 Å². The van der Waals surface area contributed by atoms with Crippen molar-refractivity contribution >= 4 is 10.9 Å². The van der Waals surface area contributed by atoms with Crippen molar-refractivity contribution < 1.29 is 13.5 Å². The molecule has 3 aromatic rings. The molecule has 0 atom stereocenters. The Kier molecular flexibility index (Phi) is 3.85. The van der Waals surface area contributed by atoms with Gasteiger partial charge in [-0.25, -0.2) is 0 Å². The van der Waals surface area contributed by atoms with Crippen LogP contribution in [0, 0.1) is 11.3 Å². The molecule has 0 aliphatic heterocycles. The summed E-state index contributed by atoms with van der Waals surface area (Å²) < 4.78 is 31.8. The lowest BCUT2D eigenvalue weighted by atomic mass is 9.92. The number of fused-ring (bicyclic) bond motifs is 1. The molecule has 25 heavy (non-hydrogen) atoms. The van der Waals surface area contributed by atoms with Gasteiger partial charge in [-0.3, -0.25) is 4.98 Å². The number of rotatable bonds is 4. The first-order valence-corrected chi connectivity index (χ1v) is 8.13. The number of nitrogens with zero attached hydrogens (tertiary/aromatic N) is 3. The summed E-state index contributed by atoms with van der Waals surface area (Å²) in [4.78, 5) is 4.40. The minimum Gasteiger partial charge on any atom is -0.435 e. The van der Waals surface area contributed by atoms with Crippen molar-refractivity contribution in [1.82, 2.24) is 9.55 Å². The van der Waals surface area contributed by atoms with Crippen LogP contribution in [0.4, 0.5) is 8.78 Å². The molecule has 0 saturated heterocycles. The number of halogens is 2. The van der Waals surface area contributed by atoms with Gasteiger partial charge in [-0.15, -0.1) is 0 Å². The molecule has 1 fully saturated rings. The van der Waals surface area contributed by atoms with Gasteiger partial charge in [-0.05, 0) is 43.5 Å². The van der Waals surface area contributed by atoms with Gasteiger partial charge in [0, 0.05) is 23.7 Å². The Hall–Kier alpha value is -2.94. The first-order valence-electron chi connectivity index (χ1n) is 8.13. The van der Waals surface area contributed by atoms with E-state index >= 15 is 0 Å². The molecule has 1 aromatic carbocycles. The molecule has 0 N–H and O–H groups in total. The lowest BCUT2D eigenvalue weighted by molar-refractivity contribution is -0.0497. The van der Waals surface area contributed by atoms with Crippen molar-refractivity contribution in [3.05, 3.63) is 48.2 Å². The van der Waals surface area contributed by atoms with Crippen molar-refractivity contribution in [3.63, 3.8) is 0 Å². The molecular formula is C19H15F2N3O. The van der Waals surface area contributed by atoms with Crippen molar-refractivity contribution in [2.45, 2.75) is 31.9 Å². The number of hydrogen-bond acceptors (Lipinski definition) is 3. The molecule has 2 aromatic heterocycles. The smallest absolute Gasteiger partial charge is 0.387 e. The molecule has 0 amide bonds. The Bertz CT molecular complexity index is 956. The zero-order valence-electron chi connectivity index (χ0n) is 13.3. The van der Waals surface area contributed by atoms with E-state index < -0.39 is 6.61 Å². The largest absolute Gasteiger partial charge is 0.435 e. The lowest BCUT2D eigenvalue weighted by Crippen LogP contribution is -2.18. The zero-order chi connectivity index (χ0) is 17.4. The molecule has 6 heteroatoms. The third-order valence-corrected chi connectivity index (χ3v) is 4.66. The number of ether oxygens (including phenoxy) is 1. The van der Waals surface area contributed by atoms with Gasteiger partial charge in [0.2, 0.25) is 0 Å². The maximum absolute atomic E-state index is 12.6. The van der Waals surface area contributed by atoms with E-state index in [1.54, 1.807) is 18.3 Å². The second-order valence-electron chi connectivity index (χ2n) is 6.06. The molecule has 0 unspecified atom stereocenters. The van der Waals surface area contributed by atoms with Gasteiger partial charge in [0.1, 0.15) is 11.8 Å². The van der Waals surface area contributed by atoms with E-state index in [1.165, 1.54) is 6.07 Å². The number of alkyl halides is 2. The van der Waals surface area contributed by atoms with Gasteiger partial charge < -0.3 is 9.30 Å². The second-order valence-corrected chi connectivity index (χ2v) is 6.06. The second kappa shape index (κ2) is 6.17. The molecule has 4 nitrogen and oxygen atoms in total. The first kappa shape index (κ1) is 15.6. The Labute approximate surface area is 143 Å². The molecular weight excluding hydrogens is 324 g/mol. The molecule has 126 valence electrons. The monoisotopic (exact) mass is 339 g/mol. The van der Waals surface area contributed by atoms with Crippen molar-refractivity contribution in [2.75, 3.05) is 0 Å². The predicted octanol–water partition coefficient (Wildman–Crippen LogP) is 4.90. The third kappa shape index (κ3) is 2.62. The highest BCUT2D eigenvalue weighted by molar-refractivity contribution is 5.95. The summed E-state index contributed by atoms with van der Waals surface area (Å²) in [5.41, 5.74) is 2.71. The maximum atomic E-state index is 12.6. The zero-order valence-corrected chi connectivity index (χ0v) is 13.3. The highest BCUT2D eigenvalue weighted by Gasteiger charge is 2.28. The average molecular weight is 339 g/mol. The summed E-state index contributed by atoms with van der Waals surface area (Å²) >= 11 is 0. The normalized spacial score (nSPS) is 14.5. The first-order chi connectivity index (χ1) is 12.2.